The highest BCUT2D eigenvalue weighted by Gasteiger charge is 2.17. The van der Waals surface area contributed by atoms with E-state index in [1.165, 1.54) is 6.07 Å². The zero-order valence-corrected chi connectivity index (χ0v) is 10.2. The van der Waals surface area contributed by atoms with Crippen LogP contribution in [-0.2, 0) is 7.05 Å². The van der Waals surface area contributed by atoms with Gasteiger partial charge in [0, 0.05) is 12.6 Å². The predicted molar refractivity (Wildman–Crippen MR) is 65.1 cm³/mol. The Balaban J connectivity index is 2.46. The van der Waals surface area contributed by atoms with Crippen LogP contribution in [0, 0.1) is 19.7 Å². The van der Waals surface area contributed by atoms with Crippen molar-refractivity contribution in [3.05, 3.63) is 52.6 Å². The van der Waals surface area contributed by atoms with Crippen molar-refractivity contribution in [3.63, 3.8) is 0 Å². The van der Waals surface area contributed by atoms with Gasteiger partial charge in [-0.05, 0) is 26.0 Å². The highest BCUT2D eigenvalue weighted by molar-refractivity contribution is 5.32. The fourth-order valence-electron chi connectivity index (χ4n) is 1.98. The van der Waals surface area contributed by atoms with Crippen LogP contribution in [-0.4, -0.2) is 9.78 Å². The second-order valence-corrected chi connectivity index (χ2v) is 4.34. The SMILES string of the molecule is Cc1ccc(F)c(C(N)c2cc(C)nn2C)c1. The summed E-state index contributed by atoms with van der Waals surface area (Å²) in [7, 11) is 1.82. The molecule has 0 aliphatic heterocycles. The quantitative estimate of drug-likeness (QED) is 0.864. The number of rotatable bonds is 2. The smallest absolute Gasteiger partial charge is 0.128 e. The van der Waals surface area contributed by atoms with Crippen molar-refractivity contribution >= 4 is 0 Å². The lowest BCUT2D eigenvalue weighted by molar-refractivity contribution is 0.585. The summed E-state index contributed by atoms with van der Waals surface area (Å²) < 4.78 is 15.4. The van der Waals surface area contributed by atoms with Gasteiger partial charge >= 0.3 is 0 Å². The lowest BCUT2D eigenvalue weighted by Crippen LogP contribution is -2.17. The molecular weight excluding hydrogens is 217 g/mol. The first-order valence-electron chi connectivity index (χ1n) is 5.51. The monoisotopic (exact) mass is 233 g/mol. The molecule has 17 heavy (non-hydrogen) atoms. The first-order chi connectivity index (χ1) is 7.99. The van der Waals surface area contributed by atoms with E-state index in [1.54, 1.807) is 16.8 Å². The fourth-order valence-corrected chi connectivity index (χ4v) is 1.98. The molecule has 1 atom stereocenters. The maximum atomic E-state index is 13.7. The second-order valence-electron chi connectivity index (χ2n) is 4.34. The average molecular weight is 233 g/mol. The first-order valence-corrected chi connectivity index (χ1v) is 5.51. The van der Waals surface area contributed by atoms with Crippen LogP contribution in [0.5, 0.6) is 0 Å². The molecule has 4 heteroatoms. The van der Waals surface area contributed by atoms with Gasteiger partial charge in [-0.3, -0.25) is 4.68 Å². The van der Waals surface area contributed by atoms with Gasteiger partial charge in [0.2, 0.25) is 0 Å². The predicted octanol–water partition coefficient (Wildman–Crippen LogP) is 2.22. The van der Waals surface area contributed by atoms with E-state index in [4.69, 9.17) is 5.73 Å². The van der Waals surface area contributed by atoms with Crippen molar-refractivity contribution in [3.8, 4) is 0 Å². The lowest BCUT2D eigenvalue weighted by Gasteiger charge is -2.14. The molecule has 1 unspecified atom stereocenters. The van der Waals surface area contributed by atoms with Gasteiger partial charge in [-0.15, -0.1) is 0 Å². The Morgan fingerprint density at radius 2 is 2.00 bits per heavy atom. The third-order valence-electron chi connectivity index (χ3n) is 2.84. The Labute approximate surface area is 100 Å². The molecule has 1 heterocycles. The van der Waals surface area contributed by atoms with Gasteiger partial charge in [0.25, 0.3) is 0 Å². The summed E-state index contributed by atoms with van der Waals surface area (Å²) in [4.78, 5) is 0. The number of aryl methyl sites for hydroxylation is 3. The van der Waals surface area contributed by atoms with Gasteiger partial charge in [0.15, 0.2) is 0 Å². The van der Waals surface area contributed by atoms with Crippen LogP contribution in [0.25, 0.3) is 0 Å². The molecule has 0 aliphatic rings. The lowest BCUT2D eigenvalue weighted by atomic mass is 10.0. The van der Waals surface area contributed by atoms with Crippen molar-refractivity contribution in [1.29, 1.82) is 0 Å². The minimum Gasteiger partial charge on any atom is -0.319 e. The van der Waals surface area contributed by atoms with E-state index in [0.29, 0.717) is 5.56 Å². The standard InChI is InChI=1S/C13H16FN3/c1-8-4-5-11(14)10(6-8)13(15)12-7-9(2)16-17(12)3/h4-7,13H,15H2,1-3H3. The summed E-state index contributed by atoms with van der Waals surface area (Å²) in [6, 6.07) is 6.36. The van der Waals surface area contributed by atoms with E-state index < -0.39 is 6.04 Å². The van der Waals surface area contributed by atoms with E-state index in [2.05, 4.69) is 5.10 Å². The summed E-state index contributed by atoms with van der Waals surface area (Å²) in [6.07, 6.45) is 0. The normalized spacial score (nSPS) is 12.8. The number of benzene rings is 1. The van der Waals surface area contributed by atoms with Gasteiger partial charge in [-0.2, -0.15) is 5.10 Å². The van der Waals surface area contributed by atoms with Crippen molar-refractivity contribution in [2.75, 3.05) is 0 Å². The van der Waals surface area contributed by atoms with Gasteiger partial charge in [0.1, 0.15) is 5.82 Å². The molecule has 0 saturated heterocycles. The van der Waals surface area contributed by atoms with Crippen LogP contribution in [0.4, 0.5) is 4.39 Å². The zero-order valence-electron chi connectivity index (χ0n) is 10.2. The number of hydrogen-bond donors (Lipinski definition) is 1. The largest absolute Gasteiger partial charge is 0.319 e. The summed E-state index contributed by atoms with van der Waals surface area (Å²) in [5.41, 5.74) is 9.30. The van der Waals surface area contributed by atoms with Crippen molar-refractivity contribution in [2.45, 2.75) is 19.9 Å². The summed E-state index contributed by atoms with van der Waals surface area (Å²) in [5, 5.41) is 4.22. The van der Waals surface area contributed by atoms with Crippen LogP contribution in [0.3, 0.4) is 0 Å². The first kappa shape index (κ1) is 11.8. The van der Waals surface area contributed by atoms with Gasteiger partial charge in [0.05, 0.1) is 17.4 Å². The highest BCUT2D eigenvalue weighted by atomic mass is 19.1. The van der Waals surface area contributed by atoms with E-state index >= 15 is 0 Å². The zero-order chi connectivity index (χ0) is 12.6. The Bertz CT molecular complexity index is 546. The summed E-state index contributed by atoms with van der Waals surface area (Å²) in [5.74, 6) is -0.276. The minimum absolute atomic E-state index is 0.276. The number of halogens is 1. The van der Waals surface area contributed by atoms with Crippen molar-refractivity contribution in [1.82, 2.24) is 9.78 Å². The maximum Gasteiger partial charge on any atom is 0.128 e. The van der Waals surface area contributed by atoms with E-state index in [0.717, 1.165) is 17.0 Å². The molecule has 0 radical (unpaired) electrons. The highest BCUT2D eigenvalue weighted by Crippen LogP contribution is 2.23. The minimum atomic E-state index is -0.485. The third kappa shape index (κ3) is 2.22. The number of hydrogen-bond acceptors (Lipinski definition) is 2. The Morgan fingerprint density at radius 3 is 2.59 bits per heavy atom. The molecule has 2 aromatic rings. The van der Waals surface area contributed by atoms with Gasteiger partial charge in [-0.1, -0.05) is 17.7 Å². The molecule has 0 amide bonds. The molecule has 0 spiro atoms. The van der Waals surface area contributed by atoms with Crippen molar-refractivity contribution in [2.24, 2.45) is 12.8 Å². The number of aromatic nitrogens is 2. The molecule has 0 saturated carbocycles. The molecule has 3 nitrogen and oxygen atoms in total. The molecule has 0 fully saturated rings. The third-order valence-corrected chi connectivity index (χ3v) is 2.84. The van der Waals surface area contributed by atoms with Gasteiger partial charge < -0.3 is 5.73 Å². The molecule has 1 aromatic heterocycles. The summed E-state index contributed by atoms with van der Waals surface area (Å²) >= 11 is 0. The molecule has 2 N–H and O–H groups in total. The van der Waals surface area contributed by atoms with Crippen LogP contribution < -0.4 is 5.73 Å². The van der Waals surface area contributed by atoms with Crippen LogP contribution in [0.1, 0.15) is 28.6 Å². The second kappa shape index (κ2) is 4.30. The molecule has 0 aliphatic carbocycles. The van der Waals surface area contributed by atoms with E-state index in [1.807, 2.05) is 27.0 Å². The molecular formula is C13H16FN3. The number of nitrogens with two attached hydrogens (primary N) is 1. The molecule has 0 bridgehead atoms. The Kier molecular flexibility index (Phi) is 2.98. The molecule has 1 aromatic carbocycles. The topological polar surface area (TPSA) is 43.8 Å². The Morgan fingerprint density at radius 1 is 1.29 bits per heavy atom. The van der Waals surface area contributed by atoms with Crippen LogP contribution in [0.15, 0.2) is 24.3 Å². The van der Waals surface area contributed by atoms with Crippen molar-refractivity contribution < 1.29 is 4.39 Å². The Hall–Kier alpha value is -1.68. The number of nitrogens with zero attached hydrogens (tertiary/aromatic N) is 2. The molecule has 2 rings (SSSR count). The summed E-state index contributed by atoms with van der Waals surface area (Å²) in [6.45, 7) is 3.81. The average Bonchev–Trinajstić information content (AvgIpc) is 2.60. The van der Waals surface area contributed by atoms with Crippen LogP contribution in [0.2, 0.25) is 0 Å². The van der Waals surface area contributed by atoms with Gasteiger partial charge in [-0.25, -0.2) is 4.39 Å². The van der Waals surface area contributed by atoms with E-state index in [-0.39, 0.29) is 5.82 Å². The maximum absolute atomic E-state index is 13.7. The fraction of sp³-hybridized carbons (Fsp3) is 0.308. The van der Waals surface area contributed by atoms with E-state index in [9.17, 15) is 4.39 Å². The molecule has 90 valence electrons. The van der Waals surface area contributed by atoms with Crippen LogP contribution >= 0.6 is 0 Å².